The van der Waals surface area contributed by atoms with Gasteiger partial charge in [-0.05, 0) is 41.5 Å². The van der Waals surface area contributed by atoms with Crippen molar-refractivity contribution >= 4 is 19.6 Å². The summed E-state index contributed by atoms with van der Waals surface area (Å²) in [4.78, 5) is 25.8. The lowest BCUT2D eigenvalue weighted by Crippen LogP contribution is -2.53. The molecule has 1 saturated carbocycles. The monoisotopic (exact) mass is 444 g/mol. The van der Waals surface area contributed by atoms with Crippen molar-refractivity contribution in [1.29, 1.82) is 10.5 Å². The van der Waals surface area contributed by atoms with Crippen LogP contribution in [0.25, 0.3) is 0 Å². The lowest BCUT2D eigenvalue weighted by molar-refractivity contribution is -0.130. The highest BCUT2D eigenvalue weighted by Gasteiger charge is 2.59. The van der Waals surface area contributed by atoms with Crippen molar-refractivity contribution in [2.75, 3.05) is 0 Å². The number of allylic oxidation sites excluding steroid dienone is 6. The Morgan fingerprint density at radius 3 is 2.16 bits per heavy atom. The van der Waals surface area contributed by atoms with E-state index in [0.29, 0.717) is 6.42 Å². The van der Waals surface area contributed by atoms with Gasteiger partial charge in [-0.15, -0.1) is 5.54 Å². The average Bonchev–Trinajstić information content (AvgIpc) is 2.69. The molecule has 1 unspecified atom stereocenters. The number of ketones is 2. The standard InChI is InChI=1S/C27H32N2O2Si/c1-24(2,3)32(7,8)12-11-27-10-9-21-25(4,5)23(31)19(17-29)14-26(21,6)22(27)13-20(30)18(15-27)16-28/h13-15,21H,9-10H2,1-8H3/t21?,26-,27+/m0/s1. The summed E-state index contributed by atoms with van der Waals surface area (Å²) < 4.78 is 0. The molecule has 0 bridgehead atoms. The molecule has 166 valence electrons. The minimum atomic E-state index is -1.95. The van der Waals surface area contributed by atoms with Crippen molar-refractivity contribution in [1.82, 2.24) is 0 Å². The Kier molecular flexibility index (Phi) is 5.36. The van der Waals surface area contributed by atoms with Gasteiger partial charge >= 0.3 is 0 Å². The van der Waals surface area contributed by atoms with Gasteiger partial charge in [0.25, 0.3) is 0 Å². The maximum Gasteiger partial charge on any atom is 0.196 e. The van der Waals surface area contributed by atoms with E-state index in [2.05, 4.69) is 57.5 Å². The van der Waals surface area contributed by atoms with Crippen LogP contribution in [0, 0.1) is 56.3 Å². The molecular weight excluding hydrogens is 412 g/mol. The van der Waals surface area contributed by atoms with Crippen LogP contribution in [0.1, 0.15) is 54.4 Å². The summed E-state index contributed by atoms with van der Waals surface area (Å²) in [5.74, 6) is 3.04. The number of nitrogens with zero attached hydrogens (tertiary/aromatic N) is 2. The quantitative estimate of drug-likeness (QED) is 0.367. The van der Waals surface area contributed by atoms with Crippen molar-refractivity contribution in [3.05, 3.63) is 34.9 Å². The first-order valence-electron chi connectivity index (χ1n) is 11.2. The third-order valence-corrected chi connectivity index (χ3v) is 12.9. The van der Waals surface area contributed by atoms with Crippen LogP contribution in [-0.4, -0.2) is 19.6 Å². The predicted molar refractivity (Wildman–Crippen MR) is 128 cm³/mol. The maximum absolute atomic E-state index is 13.0. The summed E-state index contributed by atoms with van der Waals surface area (Å²) in [5.41, 5.74) is 2.57. The van der Waals surface area contributed by atoms with E-state index in [9.17, 15) is 20.1 Å². The summed E-state index contributed by atoms with van der Waals surface area (Å²) in [6.07, 6.45) is 6.46. The van der Waals surface area contributed by atoms with E-state index >= 15 is 0 Å². The zero-order valence-corrected chi connectivity index (χ0v) is 21.4. The number of Topliss-reactive ketones (excluding diaryl/α,β-unsaturated/α-hetero) is 1. The third-order valence-electron chi connectivity index (χ3n) is 8.40. The summed E-state index contributed by atoms with van der Waals surface area (Å²) in [6.45, 7) is 16.9. The first-order chi connectivity index (χ1) is 14.6. The van der Waals surface area contributed by atoms with E-state index in [4.69, 9.17) is 0 Å². The molecule has 3 aliphatic rings. The number of rotatable bonds is 0. The maximum atomic E-state index is 13.0. The van der Waals surface area contributed by atoms with Crippen molar-refractivity contribution in [2.45, 2.75) is 72.5 Å². The number of carbonyl (C=O) groups is 2. The molecule has 0 heterocycles. The average molecular weight is 445 g/mol. The van der Waals surface area contributed by atoms with E-state index in [0.717, 1.165) is 12.0 Å². The Hall–Kier alpha value is -2.68. The molecule has 0 amide bonds. The lowest BCUT2D eigenvalue weighted by Gasteiger charge is -2.56. The molecule has 3 rings (SSSR count). The van der Waals surface area contributed by atoms with Crippen LogP contribution in [0.3, 0.4) is 0 Å². The number of hydrogen-bond donors (Lipinski definition) is 0. The summed E-state index contributed by atoms with van der Waals surface area (Å²) >= 11 is 0. The van der Waals surface area contributed by atoms with Gasteiger partial charge in [-0.3, -0.25) is 9.59 Å². The Labute approximate surface area is 193 Å². The van der Waals surface area contributed by atoms with Crippen molar-refractivity contribution in [3.8, 4) is 23.6 Å². The highest BCUT2D eigenvalue weighted by atomic mass is 28.3. The molecule has 3 aliphatic carbocycles. The van der Waals surface area contributed by atoms with Crippen molar-refractivity contribution in [3.63, 3.8) is 0 Å². The van der Waals surface area contributed by atoms with Gasteiger partial charge in [0, 0.05) is 10.8 Å². The van der Waals surface area contributed by atoms with E-state index < -0.39 is 24.3 Å². The second-order valence-corrected chi connectivity index (χ2v) is 16.8. The van der Waals surface area contributed by atoms with Crippen molar-refractivity contribution < 1.29 is 9.59 Å². The number of nitriles is 2. The smallest absolute Gasteiger partial charge is 0.196 e. The molecule has 5 heteroatoms. The van der Waals surface area contributed by atoms with Gasteiger partial charge in [0.2, 0.25) is 0 Å². The van der Waals surface area contributed by atoms with Crippen LogP contribution < -0.4 is 0 Å². The zero-order chi connectivity index (χ0) is 24.3. The molecule has 3 atom stereocenters. The van der Waals surface area contributed by atoms with Gasteiger partial charge in [0.05, 0.1) is 16.6 Å². The van der Waals surface area contributed by atoms with Gasteiger partial charge in [-0.1, -0.05) is 66.6 Å². The molecule has 4 nitrogen and oxygen atoms in total. The van der Waals surface area contributed by atoms with Gasteiger partial charge in [0.1, 0.15) is 20.2 Å². The second-order valence-electron chi connectivity index (χ2n) is 11.8. The summed E-state index contributed by atoms with van der Waals surface area (Å²) in [5, 5.41) is 19.4. The fraction of sp³-hybridized carbons (Fsp3) is 0.556. The number of carbonyl (C=O) groups excluding carboxylic acids is 2. The fourth-order valence-corrected chi connectivity index (χ4v) is 6.30. The Morgan fingerprint density at radius 2 is 1.62 bits per heavy atom. The first kappa shape index (κ1) is 24.0. The molecule has 0 spiro atoms. The van der Waals surface area contributed by atoms with Crippen LogP contribution in [0.15, 0.2) is 34.9 Å². The minimum Gasteiger partial charge on any atom is -0.293 e. The van der Waals surface area contributed by atoms with Gasteiger partial charge < -0.3 is 0 Å². The van der Waals surface area contributed by atoms with Crippen molar-refractivity contribution in [2.24, 2.45) is 22.2 Å². The predicted octanol–water partition coefficient (Wildman–Crippen LogP) is 5.46. The lowest BCUT2D eigenvalue weighted by atomic mass is 9.45. The summed E-state index contributed by atoms with van der Waals surface area (Å²) in [7, 11) is -1.95. The molecule has 0 radical (unpaired) electrons. The van der Waals surface area contributed by atoms with E-state index in [1.807, 2.05) is 20.8 Å². The first-order valence-corrected chi connectivity index (χ1v) is 14.2. The second kappa shape index (κ2) is 7.16. The fourth-order valence-electron chi connectivity index (χ4n) is 5.39. The SMILES string of the molecule is CC1(C)C(=O)C(C#N)=C[C@]2(C)C3=CC(=O)C(C#N)=C[C@]3(C#C[Si](C)(C)C(C)(C)C)CCC12. The highest BCUT2D eigenvalue weighted by molar-refractivity contribution is 6.87. The van der Waals surface area contributed by atoms with Crippen LogP contribution in [0.4, 0.5) is 0 Å². The normalized spacial score (nSPS) is 31.4. The van der Waals surface area contributed by atoms with Crippen LogP contribution >= 0.6 is 0 Å². The molecular formula is C27H32N2O2Si. The zero-order valence-electron chi connectivity index (χ0n) is 20.4. The molecule has 32 heavy (non-hydrogen) atoms. The number of fused-ring (bicyclic) bond motifs is 3. The topological polar surface area (TPSA) is 81.7 Å². The van der Waals surface area contributed by atoms with Crippen LogP contribution in [-0.2, 0) is 9.59 Å². The Bertz CT molecular complexity index is 1150. The Balaban J connectivity index is 2.31. The van der Waals surface area contributed by atoms with Gasteiger partial charge in [0.15, 0.2) is 11.6 Å². The van der Waals surface area contributed by atoms with Gasteiger partial charge in [-0.2, -0.15) is 10.5 Å². The van der Waals surface area contributed by atoms with Crippen LogP contribution in [0.5, 0.6) is 0 Å². The molecule has 0 aromatic heterocycles. The Morgan fingerprint density at radius 1 is 1.03 bits per heavy atom. The molecule has 0 aromatic rings. The largest absolute Gasteiger partial charge is 0.293 e. The van der Waals surface area contributed by atoms with Gasteiger partial charge in [-0.25, -0.2) is 0 Å². The molecule has 0 saturated heterocycles. The summed E-state index contributed by atoms with van der Waals surface area (Å²) in [6, 6.07) is 4.14. The molecule has 1 fully saturated rings. The van der Waals surface area contributed by atoms with E-state index in [1.165, 1.54) is 0 Å². The minimum absolute atomic E-state index is 0.0570. The number of hydrogen-bond acceptors (Lipinski definition) is 4. The molecule has 0 N–H and O–H groups in total. The van der Waals surface area contributed by atoms with E-state index in [-0.39, 0.29) is 33.7 Å². The van der Waals surface area contributed by atoms with E-state index in [1.54, 1.807) is 18.2 Å². The molecule has 0 aromatic carbocycles. The third kappa shape index (κ3) is 3.34. The van der Waals surface area contributed by atoms with Crippen LogP contribution in [0.2, 0.25) is 18.1 Å². The highest BCUT2D eigenvalue weighted by Crippen LogP contribution is 2.63. The molecule has 0 aliphatic heterocycles.